The highest BCUT2D eigenvalue weighted by atomic mass is 79.9. The van der Waals surface area contributed by atoms with Crippen LogP contribution in [0.5, 0.6) is 11.5 Å². The van der Waals surface area contributed by atoms with Gasteiger partial charge >= 0.3 is 11.6 Å². The zero-order chi connectivity index (χ0) is 24.1. The van der Waals surface area contributed by atoms with E-state index >= 15 is 0 Å². The number of benzene rings is 3. The van der Waals surface area contributed by atoms with Crippen molar-refractivity contribution in [2.45, 2.75) is 6.92 Å². The van der Waals surface area contributed by atoms with Crippen molar-refractivity contribution in [3.63, 3.8) is 0 Å². The molecule has 0 aliphatic carbocycles. The summed E-state index contributed by atoms with van der Waals surface area (Å²) in [5, 5.41) is 3.09. The van der Waals surface area contributed by atoms with Gasteiger partial charge in [-0.3, -0.25) is 4.79 Å². The van der Waals surface area contributed by atoms with E-state index in [9.17, 15) is 14.4 Å². The number of hydrogen-bond donors (Lipinski definition) is 1. The Labute approximate surface area is 203 Å². The Morgan fingerprint density at radius 2 is 1.76 bits per heavy atom. The Morgan fingerprint density at radius 3 is 2.50 bits per heavy atom. The van der Waals surface area contributed by atoms with E-state index in [4.69, 9.17) is 13.9 Å². The van der Waals surface area contributed by atoms with Crippen molar-refractivity contribution >= 4 is 38.8 Å². The summed E-state index contributed by atoms with van der Waals surface area (Å²) in [5.74, 6) is -0.444. The SMILES string of the molecule is CCNC(=O)c1cc2ccc(OC(=O)COc3ccc(-c4ccccc4)cc3Br)cc2oc1=O. The Kier molecular flexibility index (Phi) is 7.08. The first-order chi connectivity index (χ1) is 16.4. The smallest absolute Gasteiger partial charge is 0.349 e. The third-order valence-electron chi connectivity index (χ3n) is 4.91. The predicted molar refractivity (Wildman–Crippen MR) is 131 cm³/mol. The van der Waals surface area contributed by atoms with Crippen LogP contribution in [0.1, 0.15) is 17.3 Å². The van der Waals surface area contributed by atoms with Crippen molar-refractivity contribution in [2.24, 2.45) is 0 Å². The fraction of sp³-hybridized carbons (Fsp3) is 0.115. The average molecular weight is 522 g/mol. The van der Waals surface area contributed by atoms with Gasteiger partial charge in [0.1, 0.15) is 22.6 Å². The highest BCUT2D eigenvalue weighted by Crippen LogP contribution is 2.30. The van der Waals surface area contributed by atoms with Crippen LogP contribution < -0.4 is 20.4 Å². The molecule has 0 aliphatic rings. The first kappa shape index (κ1) is 23.3. The minimum atomic E-state index is -0.769. The highest BCUT2D eigenvalue weighted by Gasteiger charge is 2.14. The van der Waals surface area contributed by atoms with E-state index in [1.165, 1.54) is 12.1 Å². The molecule has 0 bridgehead atoms. The molecule has 34 heavy (non-hydrogen) atoms. The quantitative estimate of drug-likeness (QED) is 0.210. The predicted octanol–water partition coefficient (Wildman–Crippen LogP) is 4.96. The molecule has 4 aromatic rings. The van der Waals surface area contributed by atoms with Crippen LogP contribution in [-0.2, 0) is 4.79 Å². The van der Waals surface area contributed by atoms with Crippen molar-refractivity contribution in [2.75, 3.05) is 13.2 Å². The lowest BCUT2D eigenvalue weighted by Gasteiger charge is -2.10. The van der Waals surface area contributed by atoms with Gasteiger partial charge in [-0.1, -0.05) is 36.4 Å². The fourth-order valence-corrected chi connectivity index (χ4v) is 3.79. The molecule has 0 spiro atoms. The number of carbonyl (C=O) groups excluding carboxylic acids is 2. The molecule has 0 unspecified atom stereocenters. The maximum atomic E-state index is 12.3. The van der Waals surface area contributed by atoms with Gasteiger partial charge in [0.2, 0.25) is 0 Å². The monoisotopic (exact) mass is 521 g/mol. The summed E-state index contributed by atoms with van der Waals surface area (Å²) in [6, 6.07) is 21.5. The molecule has 0 atom stereocenters. The summed E-state index contributed by atoms with van der Waals surface area (Å²) in [5.41, 5.74) is 1.42. The van der Waals surface area contributed by atoms with Crippen molar-refractivity contribution in [3.8, 4) is 22.6 Å². The standard InChI is InChI=1S/C26H20BrNO6/c1-2-28-25(30)20-12-18-8-10-19(14-23(18)34-26(20)31)33-24(29)15-32-22-11-9-17(13-21(22)27)16-6-4-3-5-7-16/h3-14H,2,15H2,1H3,(H,28,30). The molecule has 172 valence electrons. The summed E-state index contributed by atoms with van der Waals surface area (Å²) in [4.78, 5) is 36.4. The van der Waals surface area contributed by atoms with Gasteiger partial charge in [0.15, 0.2) is 6.61 Å². The van der Waals surface area contributed by atoms with Crippen LogP contribution in [-0.4, -0.2) is 25.0 Å². The highest BCUT2D eigenvalue weighted by molar-refractivity contribution is 9.10. The van der Waals surface area contributed by atoms with Gasteiger partial charge in [0.05, 0.1) is 4.47 Å². The summed E-state index contributed by atoms with van der Waals surface area (Å²) >= 11 is 3.47. The van der Waals surface area contributed by atoms with E-state index in [0.29, 0.717) is 22.2 Å². The third kappa shape index (κ3) is 5.35. The van der Waals surface area contributed by atoms with Crippen LogP contribution in [0.4, 0.5) is 0 Å². The Balaban J connectivity index is 1.42. The van der Waals surface area contributed by atoms with E-state index in [2.05, 4.69) is 21.2 Å². The zero-order valence-corrected chi connectivity index (χ0v) is 19.8. The molecule has 0 saturated carbocycles. The molecule has 4 rings (SSSR count). The molecule has 0 saturated heterocycles. The van der Waals surface area contributed by atoms with Crippen molar-refractivity contribution in [1.82, 2.24) is 5.32 Å². The molecular weight excluding hydrogens is 502 g/mol. The number of rotatable bonds is 7. The number of nitrogens with one attached hydrogen (secondary N) is 1. The maximum absolute atomic E-state index is 12.3. The van der Waals surface area contributed by atoms with Gasteiger partial charge < -0.3 is 19.2 Å². The summed E-state index contributed by atoms with van der Waals surface area (Å²) in [6.45, 7) is 1.83. The lowest BCUT2D eigenvalue weighted by Crippen LogP contribution is -2.27. The number of amides is 1. The van der Waals surface area contributed by atoms with Crippen LogP contribution in [0.15, 0.2) is 86.5 Å². The molecule has 1 amide bonds. The molecule has 3 aromatic carbocycles. The summed E-state index contributed by atoms with van der Waals surface area (Å²) in [6.07, 6.45) is 0. The van der Waals surface area contributed by atoms with E-state index in [0.717, 1.165) is 11.1 Å². The van der Waals surface area contributed by atoms with E-state index < -0.39 is 17.5 Å². The topological polar surface area (TPSA) is 94.8 Å². The minimum absolute atomic E-state index is 0.0867. The fourth-order valence-electron chi connectivity index (χ4n) is 3.29. The lowest BCUT2D eigenvalue weighted by molar-refractivity contribution is -0.136. The Morgan fingerprint density at radius 1 is 0.971 bits per heavy atom. The second kappa shape index (κ2) is 10.4. The van der Waals surface area contributed by atoms with Crippen LogP contribution in [0.2, 0.25) is 0 Å². The Bertz CT molecular complexity index is 1410. The molecule has 8 heteroatoms. The largest absolute Gasteiger partial charge is 0.481 e. The summed E-state index contributed by atoms with van der Waals surface area (Å²) in [7, 11) is 0. The molecule has 0 fully saturated rings. The molecule has 0 radical (unpaired) electrons. The second-order valence-corrected chi connectivity index (χ2v) is 8.13. The lowest BCUT2D eigenvalue weighted by atomic mass is 10.1. The maximum Gasteiger partial charge on any atom is 0.349 e. The zero-order valence-electron chi connectivity index (χ0n) is 18.2. The van der Waals surface area contributed by atoms with Gasteiger partial charge in [0.25, 0.3) is 5.91 Å². The van der Waals surface area contributed by atoms with Crippen LogP contribution in [0, 0.1) is 0 Å². The third-order valence-corrected chi connectivity index (χ3v) is 5.53. The van der Waals surface area contributed by atoms with Gasteiger partial charge in [-0.05, 0) is 64.3 Å². The van der Waals surface area contributed by atoms with Crippen LogP contribution in [0.3, 0.4) is 0 Å². The average Bonchev–Trinajstić information content (AvgIpc) is 2.83. The van der Waals surface area contributed by atoms with E-state index in [1.54, 1.807) is 25.1 Å². The number of carbonyl (C=O) groups is 2. The molecule has 1 heterocycles. The van der Waals surface area contributed by atoms with Gasteiger partial charge in [-0.15, -0.1) is 0 Å². The Hall–Kier alpha value is -3.91. The van der Waals surface area contributed by atoms with E-state index in [1.807, 2.05) is 42.5 Å². The van der Waals surface area contributed by atoms with Crippen molar-refractivity contribution < 1.29 is 23.5 Å². The van der Waals surface area contributed by atoms with Crippen LogP contribution >= 0.6 is 15.9 Å². The van der Waals surface area contributed by atoms with Gasteiger partial charge in [-0.2, -0.15) is 0 Å². The number of esters is 1. The van der Waals surface area contributed by atoms with Gasteiger partial charge in [0, 0.05) is 18.0 Å². The first-order valence-corrected chi connectivity index (χ1v) is 11.3. The second-order valence-electron chi connectivity index (χ2n) is 7.28. The minimum Gasteiger partial charge on any atom is -0.481 e. The molecule has 0 aliphatic heterocycles. The molecular formula is C26H20BrNO6. The number of ether oxygens (including phenoxy) is 2. The van der Waals surface area contributed by atoms with E-state index in [-0.39, 0.29) is 23.5 Å². The normalized spacial score (nSPS) is 10.6. The summed E-state index contributed by atoms with van der Waals surface area (Å²) < 4.78 is 16.8. The van der Waals surface area contributed by atoms with Gasteiger partial charge in [-0.25, -0.2) is 9.59 Å². The number of fused-ring (bicyclic) bond motifs is 1. The van der Waals surface area contributed by atoms with Crippen molar-refractivity contribution in [3.05, 3.63) is 93.3 Å². The van der Waals surface area contributed by atoms with Crippen LogP contribution in [0.25, 0.3) is 22.1 Å². The molecule has 7 nitrogen and oxygen atoms in total. The number of halogens is 1. The molecule has 1 aromatic heterocycles. The first-order valence-electron chi connectivity index (χ1n) is 10.5. The van der Waals surface area contributed by atoms with Crippen molar-refractivity contribution in [1.29, 1.82) is 0 Å². The number of hydrogen-bond acceptors (Lipinski definition) is 6. The molecule has 1 N–H and O–H groups in total.